The number of aryl methyl sites for hydroxylation is 1. The third-order valence-corrected chi connectivity index (χ3v) is 21.4. The molecule has 1 heterocycles. The van der Waals surface area contributed by atoms with E-state index in [2.05, 4.69) is 108 Å². The first-order chi connectivity index (χ1) is 15.4. The standard InChI is InChI=1S/C30H56O2Si2/c1-21(2)34(22(3)4,23(5)6)31-20-30(12)25(8)16-15-17-26(30)19-27-18-24(7)28(32-27)33(13,14)29(9,10)11/h17-18,21-23,25H,15-16,19-20H2,1-14H3/t25-,30+/m0/s1. The van der Waals surface area contributed by atoms with Gasteiger partial charge in [-0.25, -0.2) is 0 Å². The molecule has 1 aromatic heterocycles. The van der Waals surface area contributed by atoms with Crippen LogP contribution in [0.2, 0.25) is 34.8 Å². The Hall–Kier alpha value is -0.586. The fraction of sp³-hybridized carbons (Fsp3) is 0.800. The molecule has 196 valence electrons. The smallest absolute Gasteiger partial charge is 0.200 e. The maximum atomic E-state index is 7.20. The minimum atomic E-state index is -1.91. The molecular weight excluding hydrogens is 449 g/mol. The Bertz CT molecular complexity index is 832. The van der Waals surface area contributed by atoms with Crippen molar-refractivity contribution in [1.82, 2.24) is 0 Å². The predicted molar refractivity (Wildman–Crippen MR) is 156 cm³/mol. The Morgan fingerprint density at radius 2 is 1.59 bits per heavy atom. The normalized spacial score (nSPS) is 22.7. The molecule has 0 saturated carbocycles. The molecule has 0 unspecified atom stereocenters. The van der Waals surface area contributed by atoms with Gasteiger partial charge in [-0.2, -0.15) is 0 Å². The van der Waals surface area contributed by atoms with E-state index in [9.17, 15) is 0 Å². The first-order valence-electron chi connectivity index (χ1n) is 13.8. The minimum Gasteiger partial charge on any atom is -0.471 e. The molecule has 0 bridgehead atoms. The van der Waals surface area contributed by atoms with Crippen LogP contribution in [0.5, 0.6) is 0 Å². The van der Waals surface area contributed by atoms with Crippen LogP contribution in [-0.4, -0.2) is 23.0 Å². The lowest BCUT2D eigenvalue weighted by molar-refractivity contribution is 0.109. The van der Waals surface area contributed by atoms with Gasteiger partial charge in [-0.05, 0) is 59.0 Å². The predicted octanol–water partition coefficient (Wildman–Crippen LogP) is 9.40. The topological polar surface area (TPSA) is 22.4 Å². The third kappa shape index (κ3) is 5.39. The summed E-state index contributed by atoms with van der Waals surface area (Å²) < 4.78 is 13.9. The summed E-state index contributed by atoms with van der Waals surface area (Å²) in [5, 5.41) is 1.55. The third-order valence-electron chi connectivity index (χ3n) is 9.92. The van der Waals surface area contributed by atoms with E-state index in [4.69, 9.17) is 8.84 Å². The second-order valence-electron chi connectivity index (χ2n) is 14.0. The number of allylic oxidation sites excluding steroid dienone is 1. The van der Waals surface area contributed by atoms with E-state index >= 15 is 0 Å². The van der Waals surface area contributed by atoms with Gasteiger partial charge < -0.3 is 8.84 Å². The van der Waals surface area contributed by atoms with Crippen LogP contribution >= 0.6 is 0 Å². The highest BCUT2D eigenvalue weighted by molar-refractivity contribution is 6.91. The fourth-order valence-corrected chi connectivity index (χ4v) is 14.1. The molecule has 0 N–H and O–H groups in total. The van der Waals surface area contributed by atoms with Gasteiger partial charge in [-0.15, -0.1) is 0 Å². The molecule has 2 atom stereocenters. The van der Waals surface area contributed by atoms with Gasteiger partial charge in [0, 0.05) is 18.4 Å². The largest absolute Gasteiger partial charge is 0.471 e. The summed E-state index contributed by atoms with van der Waals surface area (Å²) in [7, 11) is -3.61. The SMILES string of the molecule is Cc1cc(CC2=CCC[C@H](C)[C@@]2(C)CO[Si](C(C)C)(C(C)C)C(C)C)oc1[Si](C)(C)C(C)(C)C. The minimum absolute atomic E-state index is 0.0625. The summed E-state index contributed by atoms with van der Waals surface area (Å²) >= 11 is 0. The molecule has 0 fully saturated rings. The molecule has 0 aliphatic heterocycles. The van der Waals surface area contributed by atoms with Crippen molar-refractivity contribution >= 4 is 21.8 Å². The van der Waals surface area contributed by atoms with E-state index in [-0.39, 0.29) is 10.5 Å². The van der Waals surface area contributed by atoms with Crippen LogP contribution in [0.3, 0.4) is 0 Å². The lowest BCUT2D eigenvalue weighted by atomic mass is 9.66. The van der Waals surface area contributed by atoms with E-state index in [0.29, 0.717) is 22.5 Å². The molecule has 2 nitrogen and oxygen atoms in total. The maximum Gasteiger partial charge on any atom is 0.200 e. The number of rotatable bonds is 9. The van der Waals surface area contributed by atoms with Gasteiger partial charge in [0.1, 0.15) is 13.8 Å². The van der Waals surface area contributed by atoms with Crippen molar-refractivity contribution in [2.24, 2.45) is 11.3 Å². The van der Waals surface area contributed by atoms with Crippen molar-refractivity contribution in [3.63, 3.8) is 0 Å². The van der Waals surface area contributed by atoms with Crippen LogP contribution in [0.25, 0.3) is 0 Å². The average molecular weight is 505 g/mol. The second kappa shape index (κ2) is 10.4. The van der Waals surface area contributed by atoms with Gasteiger partial charge in [-0.1, -0.05) is 101 Å². The summed E-state index contributed by atoms with van der Waals surface area (Å²) in [5.74, 6) is 1.76. The molecule has 34 heavy (non-hydrogen) atoms. The van der Waals surface area contributed by atoms with Crippen LogP contribution < -0.4 is 5.38 Å². The number of hydrogen-bond donors (Lipinski definition) is 0. The highest BCUT2D eigenvalue weighted by Gasteiger charge is 2.48. The molecule has 1 aliphatic rings. The Labute approximate surface area is 214 Å². The van der Waals surface area contributed by atoms with Crippen LogP contribution in [0.4, 0.5) is 0 Å². The van der Waals surface area contributed by atoms with Crippen molar-refractivity contribution in [3.05, 3.63) is 29.0 Å². The lowest BCUT2D eigenvalue weighted by Gasteiger charge is -2.47. The van der Waals surface area contributed by atoms with Gasteiger partial charge in [0.15, 0.2) is 8.32 Å². The molecule has 1 aromatic rings. The molecule has 2 rings (SSSR count). The van der Waals surface area contributed by atoms with Crippen molar-refractivity contribution in [2.45, 2.75) is 137 Å². The summed E-state index contributed by atoms with van der Waals surface area (Å²) in [4.78, 5) is 0. The summed E-state index contributed by atoms with van der Waals surface area (Å²) in [5.41, 5.74) is 4.77. The Balaban J connectivity index is 2.38. The van der Waals surface area contributed by atoms with Gasteiger partial charge in [0.05, 0.1) is 5.38 Å². The maximum absolute atomic E-state index is 7.20. The quantitative estimate of drug-likeness (QED) is 0.247. The van der Waals surface area contributed by atoms with Crippen molar-refractivity contribution in [1.29, 1.82) is 0 Å². The highest BCUT2D eigenvalue weighted by Crippen LogP contribution is 2.48. The zero-order valence-corrected chi connectivity index (χ0v) is 27.1. The van der Waals surface area contributed by atoms with Crippen LogP contribution in [0, 0.1) is 18.3 Å². The summed E-state index contributed by atoms with van der Waals surface area (Å²) in [6.07, 6.45) is 5.84. The van der Waals surface area contributed by atoms with E-state index in [1.54, 1.807) is 0 Å². The molecule has 0 aromatic carbocycles. The average Bonchev–Trinajstić information content (AvgIpc) is 3.05. The van der Waals surface area contributed by atoms with Gasteiger partial charge >= 0.3 is 0 Å². The van der Waals surface area contributed by atoms with Crippen molar-refractivity contribution in [2.75, 3.05) is 6.61 Å². The van der Waals surface area contributed by atoms with Crippen molar-refractivity contribution in [3.8, 4) is 0 Å². The molecular formula is C30H56O2Si2. The van der Waals surface area contributed by atoms with E-state index in [1.165, 1.54) is 29.4 Å². The summed E-state index contributed by atoms with van der Waals surface area (Å²) in [6, 6.07) is 2.33. The van der Waals surface area contributed by atoms with Crippen LogP contribution in [-0.2, 0) is 10.8 Å². The Morgan fingerprint density at radius 3 is 2.06 bits per heavy atom. The van der Waals surface area contributed by atoms with E-state index in [0.717, 1.165) is 18.8 Å². The second-order valence-corrected chi connectivity index (χ2v) is 24.7. The molecule has 1 aliphatic carbocycles. The Morgan fingerprint density at radius 1 is 1.06 bits per heavy atom. The zero-order chi connectivity index (χ0) is 26.3. The molecule has 0 saturated heterocycles. The monoisotopic (exact) mass is 504 g/mol. The zero-order valence-electron chi connectivity index (χ0n) is 25.1. The van der Waals surface area contributed by atoms with E-state index < -0.39 is 16.4 Å². The lowest BCUT2D eigenvalue weighted by Crippen LogP contribution is -2.51. The van der Waals surface area contributed by atoms with Crippen molar-refractivity contribution < 1.29 is 8.84 Å². The Kier molecular flexibility index (Phi) is 9.08. The summed E-state index contributed by atoms with van der Waals surface area (Å²) in [6.45, 7) is 34.4. The van der Waals surface area contributed by atoms with E-state index in [1.807, 2.05) is 0 Å². The van der Waals surface area contributed by atoms with Crippen LogP contribution in [0.15, 0.2) is 22.1 Å². The molecule has 0 amide bonds. The first-order valence-corrected chi connectivity index (χ1v) is 19.0. The first kappa shape index (κ1) is 29.6. The molecule has 4 heteroatoms. The highest BCUT2D eigenvalue weighted by atomic mass is 28.4. The van der Waals surface area contributed by atoms with Crippen LogP contribution in [0.1, 0.15) is 100 Å². The van der Waals surface area contributed by atoms with Gasteiger partial charge in [-0.3, -0.25) is 0 Å². The fourth-order valence-electron chi connectivity index (χ4n) is 6.44. The number of hydrogen-bond acceptors (Lipinski definition) is 2. The molecule has 0 radical (unpaired) electrons. The van der Waals surface area contributed by atoms with Gasteiger partial charge in [0.2, 0.25) is 0 Å². The molecule has 0 spiro atoms. The number of furan rings is 1. The van der Waals surface area contributed by atoms with Gasteiger partial charge in [0.25, 0.3) is 0 Å².